The molecule has 0 unspecified atom stereocenters. The summed E-state index contributed by atoms with van der Waals surface area (Å²) in [6.45, 7) is -0.0954. The average Bonchev–Trinajstić information content (AvgIpc) is 2.39. The van der Waals surface area contributed by atoms with Crippen molar-refractivity contribution in [1.29, 1.82) is 0 Å². The maximum absolute atomic E-state index is 12.8. The minimum atomic E-state index is -0.427. The molecule has 0 atom stereocenters. The van der Waals surface area contributed by atoms with Crippen molar-refractivity contribution in [3.05, 3.63) is 29.0 Å². The Morgan fingerprint density at radius 1 is 1.37 bits per heavy atom. The lowest BCUT2D eigenvalue weighted by Gasteiger charge is -2.22. The van der Waals surface area contributed by atoms with Crippen LogP contribution in [0.5, 0.6) is 5.75 Å². The first-order chi connectivity index (χ1) is 9.15. The summed E-state index contributed by atoms with van der Waals surface area (Å²) in [5, 5.41) is 3.11. The first kappa shape index (κ1) is 14.1. The highest BCUT2D eigenvalue weighted by molar-refractivity contribution is 6.32. The van der Waals surface area contributed by atoms with E-state index < -0.39 is 5.82 Å². The zero-order valence-corrected chi connectivity index (χ0v) is 11.4. The van der Waals surface area contributed by atoms with Gasteiger partial charge in [0.05, 0.1) is 5.02 Å². The SMILES string of the molecule is O=C(COc1ccc(F)cc1Cl)NC1CCCCC1. The summed E-state index contributed by atoms with van der Waals surface area (Å²) in [4.78, 5) is 11.7. The van der Waals surface area contributed by atoms with Crippen molar-refractivity contribution in [1.82, 2.24) is 5.32 Å². The first-order valence-corrected chi connectivity index (χ1v) is 6.90. The molecule has 0 bridgehead atoms. The Kier molecular flexibility index (Phi) is 5.02. The van der Waals surface area contributed by atoms with Crippen LogP contribution >= 0.6 is 11.6 Å². The molecule has 1 aromatic rings. The monoisotopic (exact) mass is 285 g/mol. The van der Waals surface area contributed by atoms with Crippen LogP contribution in [0, 0.1) is 5.82 Å². The number of rotatable bonds is 4. The van der Waals surface area contributed by atoms with E-state index in [1.165, 1.54) is 18.6 Å². The van der Waals surface area contributed by atoms with Crippen molar-refractivity contribution in [2.45, 2.75) is 38.1 Å². The molecular formula is C14H17ClFNO2. The number of amides is 1. The highest BCUT2D eigenvalue weighted by Crippen LogP contribution is 2.24. The number of nitrogens with one attached hydrogen (secondary N) is 1. The third-order valence-corrected chi connectivity index (χ3v) is 3.52. The largest absolute Gasteiger partial charge is 0.482 e. The van der Waals surface area contributed by atoms with E-state index in [1.807, 2.05) is 0 Å². The molecule has 1 aliphatic rings. The zero-order chi connectivity index (χ0) is 13.7. The van der Waals surface area contributed by atoms with Gasteiger partial charge in [0.25, 0.3) is 5.91 Å². The average molecular weight is 286 g/mol. The highest BCUT2D eigenvalue weighted by Gasteiger charge is 2.16. The predicted molar refractivity (Wildman–Crippen MR) is 71.9 cm³/mol. The lowest BCUT2D eigenvalue weighted by molar-refractivity contribution is -0.124. The standard InChI is InChI=1S/C14H17ClFNO2/c15-12-8-10(16)6-7-13(12)19-9-14(18)17-11-4-2-1-3-5-11/h6-8,11H,1-5,9H2,(H,17,18). The second-order valence-electron chi connectivity index (χ2n) is 4.77. The number of carbonyl (C=O) groups excluding carboxylic acids is 1. The van der Waals surface area contributed by atoms with Crippen LogP contribution in [-0.2, 0) is 4.79 Å². The minimum Gasteiger partial charge on any atom is -0.482 e. The summed E-state index contributed by atoms with van der Waals surface area (Å²) in [5.74, 6) is -0.266. The van der Waals surface area contributed by atoms with E-state index in [1.54, 1.807) is 0 Å². The number of hydrogen-bond acceptors (Lipinski definition) is 2. The Balaban J connectivity index is 1.79. The molecule has 1 fully saturated rings. The van der Waals surface area contributed by atoms with Gasteiger partial charge in [-0.1, -0.05) is 30.9 Å². The van der Waals surface area contributed by atoms with E-state index in [0.717, 1.165) is 31.7 Å². The number of halogens is 2. The van der Waals surface area contributed by atoms with E-state index in [-0.39, 0.29) is 23.6 Å². The van der Waals surface area contributed by atoms with Crippen molar-refractivity contribution in [2.24, 2.45) is 0 Å². The van der Waals surface area contributed by atoms with Crippen molar-refractivity contribution < 1.29 is 13.9 Å². The smallest absolute Gasteiger partial charge is 0.258 e. The lowest BCUT2D eigenvalue weighted by atomic mass is 9.95. The fraction of sp³-hybridized carbons (Fsp3) is 0.500. The van der Waals surface area contributed by atoms with Gasteiger partial charge in [-0.05, 0) is 31.0 Å². The maximum atomic E-state index is 12.8. The number of benzene rings is 1. The lowest BCUT2D eigenvalue weighted by Crippen LogP contribution is -2.38. The van der Waals surface area contributed by atoms with Crippen LogP contribution in [0.4, 0.5) is 4.39 Å². The molecule has 0 aliphatic heterocycles. The van der Waals surface area contributed by atoms with Gasteiger partial charge in [-0.25, -0.2) is 4.39 Å². The number of carbonyl (C=O) groups is 1. The molecule has 3 nitrogen and oxygen atoms in total. The summed E-state index contributed by atoms with van der Waals surface area (Å²) < 4.78 is 18.1. The van der Waals surface area contributed by atoms with Crippen molar-refractivity contribution in [3.63, 3.8) is 0 Å². The quantitative estimate of drug-likeness (QED) is 0.922. The number of ether oxygens (including phenoxy) is 1. The van der Waals surface area contributed by atoms with E-state index >= 15 is 0 Å². The van der Waals surface area contributed by atoms with E-state index in [0.29, 0.717) is 5.75 Å². The zero-order valence-electron chi connectivity index (χ0n) is 10.6. The molecule has 1 aliphatic carbocycles. The Labute approximate surface area is 117 Å². The van der Waals surface area contributed by atoms with Gasteiger partial charge >= 0.3 is 0 Å². The van der Waals surface area contributed by atoms with Gasteiger partial charge in [0.15, 0.2) is 6.61 Å². The third-order valence-electron chi connectivity index (χ3n) is 3.22. The molecule has 0 spiro atoms. The molecule has 2 rings (SSSR count). The summed E-state index contributed by atoms with van der Waals surface area (Å²) in [5.41, 5.74) is 0. The Morgan fingerprint density at radius 2 is 2.11 bits per heavy atom. The second kappa shape index (κ2) is 6.75. The maximum Gasteiger partial charge on any atom is 0.258 e. The molecule has 0 aromatic heterocycles. The fourth-order valence-electron chi connectivity index (χ4n) is 2.25. The summed E-state index contributed by atoms with van der Waals surface area (Å²) in [7, 11) is 0. The summed E-state index contributed by atoms with van der Waals surface area (Å²) in [6.07, 6.45) is 5.63. The van der Waals surface area contributed by atoms with Crippen LogP contribution in [0.1, 0.15) is 32.1 Å². The second-order valence-corrected chi connectivity index (χ2v) is 5.17. The Morgan fingerprint density at radius 3 is 2.79 bits per heavy atom. The van der Waals surface area contributed by atoms with Crippen molar-refractivity contribution in [2.75, 3.05) is 6.61 Å². The van der Waals surface area contributed by atoms with E-state index in [9.17, 15) is 9.18 Å². The van der Waals surface area contributed by atoms with Crippen LogP contribution in [0.15, 0.2) is 18.2 Å². The van der Waals surface area contributed by atoms with Crippen LogP contribution in [-0.4, -0.2) is 18.6 Å². The molecule has 104 valence electrons. The van der Waals surface area contributed by atoms with Gasteiger partial charge in [-0.3, -0.25) is 4.79 Å². The molecule has 1 aromatic carbocycles. The topological polar surface area (TPSA) is 38.3 Å². The summed E-state index contributed by atoms with van der Waals surface area (Å²) >= 11 is 5.81. The molecule has 1 amide bonds. The van der Waals surface area contributed by atoms with E-state index in [4.69, 9.17) is 16.3 Å². The van der Waals surface area contributed by atoms with Gasteiger partial charge in [0.2, 0.25) is 0 Å². The van der Waals surface area contributed by atoms with Crippen molar-refractivity contribution in [3.8, 4) is 5.75 Å². The molecule has 0 saturated heterocycles. The van der Waals surface area contributed by atoms with Gasteiger partial charge < -0.3 is 10.1 Å². The van der Waals surface area contributed by atoms with Gasteiger partial charge in [-0.2, -0.15) is 0 Å². The molecule has 5 heteroatoms. The molecule has 0 heterocycles. The molecule has 19 heavy (non-hydrogen) atoms. The Hall–Kier alpha value is -1.29. The first-order valence-electron chi connectivity index (χ1n) is 6.52. The van der Waals surface area contributed by atoms with Gasteiger partial charge in [-0.15, -0.1) is 0 Å². The molecular weight excluding hydrogens is 269 g/mol. The fourth-order valence-corrected chi connectivity index (χ4v) is 2.47. The number of hydrogen-bond donors (Lipinski definition) is 1. The predicted octanol–water partition coefficient (Wildman–Crippen LogP) is 3.31. The third kappa shape index (κ3) is 4.39. The van der Waals surface area contributed by atoms with Crippen LogP contribution < -0.4 is 10.1 Å². The van der Waals surface area contributed by atoms with E-state index in [2.05, 4.69) is 5.32 Å². The molecule has 0 radical (unpaired) electrons. The van der Waals surface area contributed by atoms with Gasteiger partial charge in [0, 0.05) is 6.04 Å². The normalized spacial score (nSPS) is 16.1. The minimum absolute atomic E-state index is 0.0954. The van der Waals surface area contributed by atoms with Gasteiger partial charge in [0.1, 0.15) is 11.6 Å². The molecule has 1 N–H and O–H groups in total. The highest BCUT2D eigenvalue weighted by atomic mass is 35.5. The molecule has 1 saturated carbocycles. The van der Waals surface area contributed by atoms with Crippen LogP contribution in [0.25, 0.3) is 0 Å². The Bertz CT molecular complexity index is 447. The van der Waals surface area contributed by atoms with Crippen molar-refractivity contribution >= 4 is 17.5 Å². The van der Waals surface area contributed by atoms with Crippen LogP contribution in [0.3, 0.4) is 0 Å². The van der Waals surface area contributed by atoms with Crippen LogP contribution in [0.2, 0.25) is 5.02 Å². The summed E-state index contributed by atoms with van der Waals surface area (Å²) in [6, 6.07) is 4.09.